The minimum absolute atomic E-state index is 0.00788. The van der Waals surface area contributed by atoms with Gasteiger partial charge in [0.25, 0.3) is 17.7 Å². The third kappa shape index (κ3) is 18.1. The fourth-order valence-electron chi connectivity index (χ4n) is 17.5. The summed E-state index contributed by atoms with van der Waals surface area (Å²) in [7, 11) is 4.31. The van der Waals surface area contributed by atoms with E-state index in [4.69, 9.17) is 113 Å². The van der Waals surface area contributed by atoms with Crippen molar-refractivity contribution in [3.63, 3.8) is 0 Å². The Morgan fingerprint density at radius 2 is 0.887 bits per heavy atom. The molecule has 1 aliphatic carbocycles. The number of nitrogens with one attached hydrogen (secondary N) is 3. The van der Waals surface area contributed by atoms with Gasteiger partial charge in [0.05, 0.1) is 71.9 Å². The number of sulfonamides is 2. The number of hydrogen-bond acceptors (Lipinski definition) is 26. The van der Waals surface area contributed by atoms with Crippen molar-refractivity contribution in [2.75, 3.05) is 159 Å². The molecule has 124 heavy (non-hydrogen) atoms. The molecule has 4 unspecified atom stereocenters. The number of carbonyl (C=O) groups excluding carboxylic acids is 3. The van der Waals surface area contributed by atoms with Crippen LogP contribution in [0.1, 0.15) is 92.7 Å². The number of nitrogens with zero attached hydrogens (tertiary/aromatic N) is 17. The molecule has 652 valence electrons. The average molecular weight is 1850 g/mol. The minimum Gasteiger partial charge on any atom is -0.455 e. The number of benzene rings is 6. The van der Waals surface area contributed by atoms with Crippen molar-refractivity contribution in [3.8, 4) is 17.6 Å². The maximum atomic E-state index is 15.8. The molecule has 5 fully saturated rings. The van der Waals surface area contributed by atoms with E-state index < -0.39 is 55.8 Å². The number of piperidine rings is 3. The summed E-state index contributed by atoms with van der Waals surface area (Å²) in [4.78, 5) is 93.4. The summed E-state index contributed by atoms with van der Waals surface area (Å²) < 4.78 is 88.6. The van der Waals surface area contributed by atoms with Crippen LogP contribution >= 0.6 is 69.6 Å². The van der Waals surface area contributed by atoms with Gasteiger partial charge in [0.2, 0.25) is 55.5 Å². The Morgan fingerprint density at radius 3 is 1.32 bits per heavy atom. The van der Waals surface area contributed by atoms with E-state index in [0.29, 0.717) is 90.7 Å². The molecule has 39 heteroatoms. The van der Waals surface area contributed by atoms with E-state index in [1.165, 1.54) is 33.3 Å². The van der Waals surface area contributed by atoms with Crippen molar-refractivity contribution in [1.82, 2.24) is 54.0 Å². The lowest BCUT2D eigenvalue weighted by Crippen LogP contribution is -2.62. The monoisotopic (exact) mass is 1840 g/mol. The zero-order chi connectivity index (χ0) is 86.9. The van der Waals surface area contributed by atoms with Gasteiger partial charge < -0.3 is 58.6 Å². The van der Waals surface area contributed by atoms with Crippen LogP contribution in [0.3, 0.4) is 0 Å². The van der Waals surface area contributed by atoms with Crippen molar-refractivity contribution >= 4 is 176 Å². The lowest BCUT2D eigenvalue weighted by molar-refractivity contribution is -0.0742. The van der Waals surface area contributed by atoms with Crippen LogP contribution in [0.5, 0.6) is 17.6 Å². The topological polar surface area (TPSA) is 305 Å². The number of rotatable bonds is 26. The fourth-order valence-corrected chi connectivity index (χ4v) is 21.1. The summed E-state index contributed by atoms with van der Waals surface area (Å²) >= 11 is 39.8. The molecule has 7 aliphatic heterocycles. The number of para-hydroxylation sites is 3. The molecule has 0 radical (unpaired) electrons. The second-order valence-electron chi connectivity index (χ2n) is 32.9. The second kappa shape index (κ2) is 35.8. The SMILES string of the molecule is CN(C)C1CCN(c2ccc(N(c3ncc4c(n3)OCN(c3c(Cl)cccc3Cl)C4=O)C3OCC3NS(=O)(=O)Cc3cc(N(c4ncc5c(n4)OCN(c4c(Cl)cccc4Cl)C5=O)C4CC4Cc4cc(Nc5ncc6c(n5)OCN(c5c(Cl)cccc5Cl)C6=O)ccc4N4CCC(N(C)C)CC4)ccc3N3CCC(N(C)C)CC3)cc2CNS(C)(=O)=O)CC1. The summed E-state index contributed by atoms with van der Waals surface area (Å²) in [6, 6.07) is 32.1. The van der Waals surface area contributed by atoms with E-state index in [9.17, 15) is 22.8 Å². The number of ether oxygens (including phenoxy) is 4. The Kier molecular flexibility index (Phi) is 25.0. The fraction of sp³-hybridized carbons (Fsp3) is 0.400. The number of hydrogen-bond donors (Lipinski definition) is 3. The van der Waals surface area contributed by atoms with E-state index in [0.717, 1.165) is 74.8 Å². The van der Waals surface area contributed by atoms with Gasteiger partial charge in [0, 0.05) is 123 Å². The molecule has 31 nitrogen and oxygen atoms in total. The number of aromatic nitrogens is 6. The van der Waals surface area contributed by atoms with Gasteiger partial charge in [0.1, 0.15) is 16.7 Å². The maximum Gasteiger partial charge on any atom is 0.268 e. The Hall–Kier alpha value is -9.43. The molecule has 3 N–H and O–H groups in total. The van der Waals surface area contributed by atoms with Crippen molar-refractivity contribution in [2.24, 2.45) is 5.92 Å². The summed E-state index contributed by atoms with van der Waals surface area (Å²) in [5.74, 6) is -1.71. The molecule has 10 heterocycles. The molecule has 1 saturated carbocycles. The first kappa shape index (κ1) is 86.7. The van der Waals surface area contributed by atoms with E-state index in [-0.39, 0.29) is 145 Å². The lowest BCUT2D eigenvalue weighted by Gasteiger charge is -2.44. The number of carbonyl (C=O) groups is 3. The van der Waals surface area contributed by atoms with Crippen molar-refractivity contribution < 1.29 is 50.2 Å². The predicted octanol–water partition coefficient (Wildman–Crippen LogP) is 13.1. The van der Waals surface area contributed by atoms with Gasteiger partial charge in [-0.25, -0.2) is 41.2 Å². The van der Waals surface area contributed by atoms with Crippen LogP contribution in [-0.2, 0) is 43.5 Å². The first-order valence-corrected chi connectivity index (χ1v) is 46.6. The van der Waals surface area contributed by atoms with E-state index >= 15 is 8.42 Å². The molecular weight excluding hydrogens is 1750 g/mol. The summed E-state index contributed by atoms with van der Waals surface area (Å²) in [6.45, 7) is 3.21. The summed E-state index contributed by atoms with van der Waals surface area (Å²) in [5.41, 5.74) is 7.27. The van der Waals surface area contributed by atoms with Gasteiger partial charge >= 0.3 is 0 Å². The minimum atomic E-state index is -4.43. The van der Waals surface area contributed by atoms with Gasteiger partial charge in [-0.15, -0.1) is 0 Å². The molecule has 3 amide bonds. The molecule has 4 saturated heterocycles. The zero-order valence-corrected chi connectivity index (χ0v) is 75.2. The highest BCUT2D eigenvalue weighted by Gasteiger charge is 2.48. The van der Waals surface area contributed by atoms with E-state index in [1.54, 1.807) is 59.5 Å². The Labute approximate surface area is 749 Å². The molecule has 9 aromatic rings. The van der Waals surface area contributed by atoms with Crippen molar-refractivity contribution in [3.05, 3.63) is 191 Å². The highest BCUT2D eigenvalue weighted by molar-refractivity contribution is 7.89. The standard InChI is InChI=1S/C85H92Cl6N20O11S2/c1-101(2)54-23-29-104(30-24-54)69-20-17-53(96-83-92-41-59-76(97-83)120-46-107(79(59)112)73-62(86)11-8-12-63(73)87)36-49(69)35-50-39-72(50)110(84-93-42-60-77(98-84)121-47-108(80(60)113)74-64(88)13-9-14-65(74)89)57-18-22-71(106-33-27-56(28-34-106)103(5)6)52(38-57)45-124(117,118)100-68-44-119-82(68)111(85-94-43-61-78(99-85)122-48-109(81(61)114)75-66(90)15-10-16-67(75)91)58-19-21-70(51(37-58)40-95-123(7,115)116)105-31-25-55(26-32-105)102(3)4/h8-22,36-38,41-43,50,54-56,68,72,82,95,100H,23-35,39-40,44-48H2,1-7H3,(H,92,96,97). The Bertz CT molecular complexity index is 5810. The van der Waals surface area contributed by atoms with Crippen LogP contribution in [0, 0.1) is 5.92 Å². The molecule has 0 spiro atoms. The van der Waals surface area contributed by atoms with Crippen LogP contribution in [0.25, 0.3) is 0 Å². The summed E-state index contributed by atoms with van der Waals surface area (Å²) in [5, 5.41) is 4.87. The molecule has 3 aromatic heterocycles. The number of fused-ring (bicyclic) bond motifs is 3. The van der Waals surface area contributed by atoms with Crippen LogP contribution < -0.4 is 68.2 Å². The third-order valence-electron chi connectivity index (χ3n) is 24.3. The number of anilines is 12. The van der Waals surface area contributed by atoms with Gasteiger partial charge in [-0.2, -0.15) is 15.0 Å². The van der Waals surface area contributed by atoms with Gasteiger partial charge in [-0.3, -0.25) is 34.0 Å². The largest absolute Gasteiger partial charge is 0.455 e. The van der Waals surface area contributed by atoms with Crippen molar-refractivity contribution in [2.45, 2.75) is 100 Å². The maximum absolute atomic E-state index is 15.8. The first-order valence-electron chi connectivity index (χ1n) is 40.8. The third-order valence-corrected chi connectivity index (χ3v) is 28.1. The average Bonchev–Trinajstić information content (AvgIpc) is 1.41. The van der Waals surface area contributed by atoms with Gasteiger partial charge in [-0.05, 0) is 207 Å². The Morgan fingerprint density at radius 1 is 0.484 bits per heavy atom. The normalized spacial score (nSPS) is 19.6. The molecule has 0 bridgehead atoms. The first-order chi connectivity index (χ1) is 59.5. The van der Waals surface area contributed by atoms with Crippen molar-refractivity contribution in [1.29, 1.82) is 0 Å². The van der Waals surface area contributed by atoms with Gasteiger partial charge in [0.15, 0.2) is 26.4 Å². The highest BCUT2D eigenvalue weighted by Crippen LogP contribution is 2.49. The molecule has 8 aliphatic rings. The predicted molar refractivity (Wildman–Crippen MR) is 483 cm³/mol. The number of halogens is 6. The smallest absolute Gasteiger partial charge is 0.268 e. The zero-order valence-electron chi connectivity index (χ0n) is 69.0. The molecule has 6 aromatic carbocycles. The van der Waals surface area contributed by atoms with Crippen LogP contribution in [0.4, 0.5) is 69.0 Å². The summed E-state index contributed by atoms with van der Waals surface area (Å²) in [6.07, 6.45) is 10.5. The quantitative estimate of drug-likeness (QED) is 0.0453. The second-order valence-corrected chi connectivity index (χ2v) is 38.9. The number of amides is 3. The molecule has 4 atom stereocenters. The Balaban J connectivity index is 0.719. The van der Waals surface area contributed by atoms with Crippen LogP contribution in [-0.4, -0.2) is 230 Å². The lowest BCUT2D eigenvalue weighted by atomic mass is 9.99. The van der Waals surface area contributed by atoms with E-state index in [1.807, 2.05) is 47.4 Å². The van der Waals surface area contributed by atoms with Crippen LogP contribution in [0.2, 0.25) is 30.1 Å². The van der Waals surface area contributed by atoms with E-state index in [2.05, 4.69) is 104 Å². The molecule has 17 rings (SSSR count). The van der Waals surface area contributed by atoms with Gasteiger partial charge in [-0.1, -0.05) is 87.8 Å². The molecular formula is C85H92Cl6N20O11S2. The highest BCUT2D eigenvalue weighted by atomic mass is 35.5. The van der Waals surface area contributed by atoms with Crippen LogP contribution in [0.15, 0.2) is 128 Å².